The van der Waals surface area contributed by atoms with Gasteiger partial charge in [0.25, 0.3) is 0 Å². The molecule has 6 aromatic rings. The Morgan fingerprint density at radius 3 is 0.513 bits per heavy atom. The van der Waals surface area contributed by atoms with Gasteiger partial charge in [-0.05, 0) is 220 Å². The maximum atomic E-state index is 13.3. The highest BCUT2D eigenvalue weighted by atomic mass is 16.6. The van der Waals surface area contributed by atoms with Crippen LogP contribution in [0.1, 0.15) is 149 Å². The fourth-order valence-electron chi connectivity index (χ4n) is 8.19. The minimum Gasteiger partial charge on any atom is -0.462 e. The minimum absolute atomic E-state index is 0.0670. The van der Waals surface area contributed by atoms with Gasteiger partial charge in [-0.1, -0.05) is 12.2 Å². The number of ether oxygens (including phenoxy) is 8. The van der Waals surface area contributed by atoms with Crippen molar-refractivity contribution in [2.24, 2.45) is 0 Å². The van der Waals surface area contributed by atoms with E-state index in [4.69, 9.17) is 37.9 Å². The molecule has 0 saturated carbocycles. The van der Waals surface area contributed by atoms with Gasteiger partial charge >= 0.3 is 47.8 Å². The van der Waals surface area contributed by atoms with Crippen molar-refractivity contribution in [2.45, 2.75) is 55.4 Å². The molecule has 0 atom stereocenters. The van der Waals surface area contributed by atoms with Gasteiger partial charge in [0.2, 0.25) is 0 Å². The SMILES string of the molecule is CCOC(=O)c1cc(C(=O)OCC)cc(-c2cc(/C=C/c3cc(-c4cc(C(=O)OCC)cc(C(=O)OCC)c4)cc(-c4cc(C(=O)OCC)cc(C(=O)OCC)c4)c3)cc(-c3cc(C(=O)OCC)cc(C(=O)OCC)c3)c2)c1. The summed E-state index contributed by atoms with van der Waals surface area (Å²) in [5.41, 5.74) is 5.30. The van der Waals surface area contributed by atoms with E-state index in [0.717, 1.165) is 0 Å². The van der Waals surface area contributed by atoms with Crippen molar-refractivity contribution in [2.75, 3.05) is 52.9 Å². The lowest BCUT2D eigenvalue weighted by Gasteiger charge is -2.14. The van der Waals surface area contributed by atoms with Crippen LogP contribution in [0.2, 0.25) is 0 Å². The molecule has 0 fully saturated rings. The molecule has 0 aliphatic carbocycles. The molecule has 0 bridgehead atoms. The van der Waals surface area contributed by atoms with Gasteiger partial charge < -0.3 is 37.9 Å². The zero-order valence-electron chi connectivity index (χ0n) is 44.7. The van der Waals surface area contributed by atoms with Crippen LogP contribution in [-0.2, 0) is 37.9 Å². The van der Waals surface area contributed by atoms with Crippen molar-refractivity contribution in [3.8, 4) is 44.5 Å². The Bertz CT molecular complexity index is 2730. The summed E-state index contributed by atoms with van der Waals surface area (Å²) in [5, 5.41) is 0. The maximum Gasteiger partial charge on any atom is 0.338 e. The van der Waals surface area contributed by atoms with Gasteiger partial charge in [-0.15, -0.1) is 0 Å². The predicted molar refractivity (Wildman–Crippen MR) is 291 cm³/mol. The second kappa shape index (κ2) is 27.6. The molecule has 6 aromatic carbocycles. The van der Waals surface area contributed by atoms with E-state index >= 15 is 0 Å². The summed E-state index contributed by atoms with van der Waals surface area (Å²) in [6.07, 6.45) is 3.55. The Hall–Kier alpha value is -9.18. The predicted octanol–water partition coefficient (Wildman–Crippen LogP) is 11.9. The second-order valence-electron chi connectivity index (χ2n) is 17.0. The van der Waals surface area contributed by atoms with Crippen LogP contribution in [0.5, 0.6) is 0 Å². The fraction of sp³-hybridized carbons (Fsp3) is 0.258. The van der Waals surface area contributed by atoms with E-state index in [0.29, 0.717) is 55.6 Å². The molecule has 0 N–H and O–H groups in total. The first kappa shape index (κ1) is 58.1. The summed E-state index contributed by atoms with van der Waals surface area (Å²) in [6.45, 7) is 13.8. The molecule has 6 rings (SSSR count). The van der Waals surface area contributed by atoms with E-state index in [-0.39, 0.29) is 97.4 Å². The third-order valence-corrected chi connectivity index (χ3v) is 11.5. The number of rotatable bonds is 22. The van der Waals surface area contributed by atoms with Gasteiger partial charge in [-0.2, -0.15) is 0 Å². The van der Waals surface area contributed by atoms with Crippen molar-refractivity contribution in [3.05, 3.63) is 165 Å². The molecule has 0 radical (unpaired) electrons. The first-order valence-electron chi connectivity index (χ1n) is 25.5. The van der Waals surface area contributed by atoms with Crippen molar-refractivity contribution < 1.29 is 76.3 Å². The van der Waals surface area contributed by atoms with E-state index in [1.165, 1.54) is 24.3 Å². The molecule has 16 heteroatoms. The Balaban J connectivity index is 1.67. The molecule has 0 saturated heterocycles. The van der Waals surface area contributed by atoms with Crippen LogP contribution < -0.4 is 0 Å². The van der Waals surface area contributed by atoms with Gasteiger partial charge in [-0.25, -0.2) is 38.4 Å². The van der Waals surface area contributed by atoms with Crippen molar-refractivity contribution in [1.29, 1.82) is 0 Å². The lowest BCUT2D eigenvalue weighted by Crippen LogP contribution is -2.10. The molecule has 16 nitrogen and oxygen atoms in total. The normalized spacial score (nSPS) is 10.8. The van der Waals surface area contributed by atoms with E-state index in [1.54, 1.807) is 152 Å². The monoisotopic (exact) mass is 1060 g/mol. The Labute approximate surface area is 452 Å². The van der Waals surface area contributed by atoms with Gasteiger partial charge in [0.15, 0.2) is 0 Å². The van der Waals surface area contributed by atoms with Crippen LogP contribution in [0.4, 0.5) is 0 Å². The Morgan fingerprint density at radius 1 is 0.231 bits per heavy atom. The molecule has 0 unspecified atom stereocenters. The number of hydrogen-bond donors (Lipinski definition) is 0. The van der Waals surface area contributed by atoms with Gasteiger partial charge in [0.1, 0.15) is 0 Å². The molecule has 0 aromatic heterocycles. The molecule has 78 heavy (non-hydrogen) atoms. The summed E-state index contributed by atoms with van der Waals surface area (Å²) < 4.78 is 42.8. The molecule has 0 aliphatic rings. The number of carbonyl (C=O) groups is 8. The molecular formula is C62H60O16. The number of hydrogen-bond acceptors (Lipinski definition) is 16. The molecule has 0 spiro atoms. The fourth-order valence-corrected chi connectivity index (χ4v) is 8.19. The highest BCUT2D eigenvalue weighted by Crippen LogP contribution is 2.35. The standard InChI is InChI=1S/C62H60O16/c1-9-71-55(63)47-25-43(26-48(33-47)56(64)72-10-2)39-19-37(20-40(23-39)44-27-49(57(65)73-11-3)34-50(28-44)58(66)74-12-4)17-18-38-21-41(45-29-51(59(67)75-13-5)35-52(30-45)60(68)76-14-6)24-42(22-38)46-31-53(61(69)77-15-7)36-54(32-46)62(70)78-16-8/h17-36H,9-16H2,1-8H3/b18-17+. The van der Waals surface area contributed by atoms with Gasteiger partial charge in [0, 0.05) is 0 Å². The number of benzene rings is 6. The van der Waals surface area contributed by atoms with Crippen LogP contribution in [0, 0.1) is 0 Å². The van der Waals surface area contributed by atoms with E-state index in [1.807, 2.05) is 0 Å². The van der Waals surface area contributed by atoms with Crippen molar-refractivity contribution >= 4 is 59.9 Å². The van der Waals surface area contributed by atoms with Crippen LogP contribution in [0.15, 0.2) is 109 Å². The zero-order chi connectivity index (χ0) is 56.5. The highest BCUT2D eigenvalue weighted by Gasteiger charge is 2.22. The average molecular weight is 1060 g/mol. The Morgan fingerprint density at radius 2 is 0.372 bits per heavy atom. The maximum absolute atomic E-state index is 13.3. The molecule has 404 valence electrons. The zero-order valence-corrected chi connectivity index (χ0v) is 44.7. The quantitative estimate of drug-likeness (QED) is 0.0351. The van der Waals surface area contributed by atoms with E-state index in [9.17, 15) is 38.4 Å². The van der Waals surface area contributed by atoms with Crippen LogP contribution >= 0.6 is 0 Å². The summed E-state index contributed by atoms with van der Waals surface area (Å²) >= 11 is 0. The minimum atomic E-state index is -0.678. The van der Waals surface area contributed by atoms with E-state index in [2.05, 4.69) is 0 Å². The van der Waals surface area contributed by atoms with Crippen LogP contribution in [0.3, 0.4) is 0 Å². The second-order valence-corrected chi connectivity index (χ2v) is 17.0. The average Bonchev–Trinajstić information content (AvgIpc) is 3.46. The summed E-state index contributed by atoms with van der Waals surface area (Å²) in [7, 11) is 0. The molecule has 0 aliphatic heterocycles. The largest absolute Gasteiger partial charge is 0.462 e. The number of esters is 8. The third kappa shape index (κ3) is 14.8. The smallest absolute Gasteiger partial charge is 0.338 e. The van der Waals surface area contributed by atoms with Crippen LogP contribution in [0.25, 0.3) is 56.7 Å². The Kier molecular flexibility index (Phi) is 20.5. The lowest BCUT2D eigenvalue weighted by atomic mass is 9.91. The summed E-state index contributed by atoms with van der Waals surface area (Å²) in [5.74, 6) is -5.43. The van der Waals surface area contributed by atoms with Gasteiger partial charge in [0.05, 0.1) is 97.4 Å². The molecule has 0 heterocycles. The summed E-state index contributed by atoms with van der Waals surface area (Å²) in [6, 6.07) is 28.9. The third-order valence-electron chi connectivity index (χ3n) is 11.5. The van der Waals surface area contributed by atoms with E-state index < -0.39 is 47.8 Å². The first-order valence-corrected chi connectivity index (χ1v) is 25.5. The first-order chi connectivity index (χ1) is 37.6. The lowest BCUT2D eigenvalue weighted by molar-refractivity contribution is 0.0506. The van der Waals surface area contributed by atoms with Crippen molar-refractivity contribution in [1.82, 2.24) is 0 Å². The molecule has 0 amide bonds. The molecular weight excluding hydrogens is 1000 g/mol. The summed E-state index contributed by atoms with van der Waals surface area (Å²) in [4.78, 5) is 106. The highest BCUT2D eigenvalue weighted by molar-refractivity contribution is 6.02. The number of carbonyl (C=O) groups excluding carboxylic acids is 8. The van der Waals surface area contributed by atoms with Crippen molar-refractivity contribution in [3.63, 3.8) is 0 Å². The van der Waals surface area contributed by atoms with Crippen LogP contribution in [-0.4, -0.2) is 101 Å². The van der Waals surface area contributed by atoms with Gasteiger partial charge in [-0.3, -0.25) is 0 Å². The topological polar surface area (TPSA) is 210 Å².